The maximum Gasteiger partial charge on any atom is 0.0504 e. The molecule has 0 saturated carbocycles. The maximum atomic E-state index is 9.85. The average molecular weight is 341 g/mol. The molecule has 0 spiro atoms. The predicted octanol–water partition coefficient (Wildman–Crippen LogP) is 2.92. The van der Waals surface area contributed by atoms with Crippen LogP contribution >= 0.6 is 0 Å². The third-order valence-corrected chi connectivity index (χ3v) is 6.40. The molecular weight excluding hydrogens is 310 g/mol. The van der Waals surface area contributed by atoms with Crippen LogP contribution in [0.25, 0.3) is 10.9 Å². The number of para-hydroxylation sites is 1. The Morgan fingerprint density at radius 1 is 1.08 bits per heavy atom. The van der Waals surface area contributed by atoms with Gasteiger partial charge < -0.3 is 15.0 Å². The summed E-state index contributed by atoms with van der Waals surface area (Å²) >= 11 is 0. The Labute approximate surface area is 150 Å². The van der Waals surface area contributed by atoms with Crippen molar-refractivity contribution in [2.24, 2.45) is 11.8 Å². The van der Waals surface area contributed by atoms with Gasteiger partial charge in [0, 0.05) is 43.9 Å². The summed E-state index contributed by atoms with van der Waals surface area (Å²) in [5.74, 6) is 1.03. The van der Waals surface area contributed by atoms with Gasteiger partial charge >= 0.3 is 0 Å². The number of aromatic nitrogens is 1. The van der Waals surface area contributed by atoms with E-state index in [4.69, 9.17) is 0 Å². The lowest BCUT2D eigenvalue weighted by Gasteiger charge is -2.23. The summed E-state index contributed by atoms with van der Waals surface area (Å²) in [7, 11) is 0. The topological polar surface area (TPSA) is 42.5 Å². The van der Waals surface area contributed by atoms with Gasteiger partial charge in [-0.1, -0.05) is 18.2 Å². The molecule has 2 aromatic rings. The van der Waals surface area contributed by atoms with Crippen LogP contribution in [-0.2, 0) is 6.54 Å². The Kier molecular flexibility index (Phi) is 4.85. The summed E-state index contributed by atoms with van der Waals surface area (Å²) in [6.07, 6.45) is 2.68. The first-order valence-electron chi connectivity index (χ1n) is 9.78. The Balaban J connectivity index is 1.48. The van der Waals surface area contributed by atoms with Crippen LogP contribution in [0.1, 0.15) is 29.7 Å². The van der Waals surface area contributed by atoms with Crippen LogP contribution in [0, 0.1) is 25.7 Å². The Bertz CT molecular complexity index is 732. The van der Waals surface area contributed by atoms with Crippen LogP contribution in [0.5, 0.6) is 0 Å². The van der Waals surface area contributed by atoms with E-state index in [0.717, 1.165) is 26.2 Å². The molecule has 3 heterocycles. The number of nitrogens with zero attached hydrogens (tertiary/aromatic N) is 2. The largest absolute Gasteiger partial charge is 0.396 e. The molecule has 2 fully saturated rings. The van der Waals surface area contributed by atoms with Gasteiger partial charge in [-0.3, -0.25) is 4.90 Å². The van der Waals surface area contributed by atoms with Gasteiger partial charge in [-0.05, 0) is 62.7 Å². The van der Waals surface area contributed by atoms with Crippen molar-refractivity contribution in [1.82, 2.24) is 14.8 Å². The van der Waals surface area contributed by atoms with Gasteiger partial charge in [-0.25, -0.2) is 0 Å². The summed E-state index contributed by atoms with van der Waals surface area (Å²) < 4.78 is 0. The van der Waals surface area contributed by atoms with Gasteiger partial charge in [0.05, 0.1) is 5.52 Å². The minimum Gasteiger partial charge on any atom is -0.396 e. The summed E-state index contributed by atoms with van der Waals surface area (Å²) in [6, 6.07) is 6.65. The number of fused-ring (bicyclic) bond motifs is 1. The van der Waals surface area contributed by atoms with E-state index in [0.29, 0.717) is 18.4 Å². The smallest absolute Gasteiger partial charge is 0.0504 e. The fraction of sp³-hybridized carbons (Fsp3) is 0.619. The monoisotopic (exact) mass is 341 g/mol. The number of hydrogen-bond acceptors (Lipinski definition) is 3. The number of likely N-dealkylation sites (tertiary alicyclic amines) is 2. The van der Waals surface area contributed by atoms with Crippen molar-refractivity contribution in [2.45, 2.75) is 33.2 Å². The normalized spacial score (nSPS) is 25.4. The highest BCUT2D eigenvalue weighted by Crippen LogP contribution is 2.29. The van der Waals surface area contributed by atoms with Crippen LogP contribution in [0.4, 0.5) is 0 Å². The van der Waals surface area contributed by atoms with Gasteiger partial charge in [0.25, 0.3) is 0 Å². The van der Waals surface area contributed by atoms with E-state index in [1.807, 2.05) is 0 Å². The van der Waals surface area contributed by atoms with Gasteiger partial charge in [-0.15, -0.1) is 0 Å². The second-order valence-electron chi connectivity index (χ2n) is 8.12. The molecule has 2 atom stereocenters. The lowest BCUT2D eigenvalue weighted by Crippen LogP contribution is -2.31. The minimum absolute atomic E-state index is 0.319. The van der Waals surface area contributed by atoms with E-state index in [1.165, 1.54) is 53.7 Å². The molecule has 0 bridgehead atoms. The highest BCUT2D eigenvalue weighted by molar-refractivity contribution is 5.87. The van der Waals surface area contributed by atoms with E-state index in [9.17, 15) is 5.11 Å². The second-order valence-corrected chi connectivity index (χ2v) is 8.12. The maximum absolute atomic E-state index is 9.85. The second kappa shape index (κ2) is 7.10. The molecule has 1 aromatic heterocycles. The minimum atomic E-state index is 0.319. The van der Waals surface area contributed by atoms with E-state index in [-0.39, 0.29) is 0 Å². The summed E-state index contributed by atoms with van der Waals surface area (Å²) in [4.78, 5) is 8.72. The molecule has 2 unspecified atom stereocenters. The van der Waals surface area contributed by atoms with Crippen molar-refractivity contribution in [3.8, 4) is 0 Å². The number of H-pyrrole nitrogens is 1. The van der Waals surface area contributed by atoms with Crippen molar-refractivity contribution >= 4 is 10.9 Å². The van der Waals surface area contributed by atoms with Crippen LogP contribution < -0.4 is 0 Å². The molecule has 0 radical (unpaired) electrons. The fourth-order valence-electron chi connectivity index (χ4n) is 4.79. The number of aliphatic hydroxyl groups excluding tert-OH is 1. The number of rotatable bonds is 5. The van der Waals surface area contributed by atoms with Crippen LogP contribution in [-0.4, -0.2) is 59.2 Å². The number of nitrogens with one attached hydrogen (secondary N) is 1. The van der Waals surface area contributed by atoms with Crippen molar-refractivity contribution in [3.63, 3.8) is 0 Å². The van der Waals surface area contributed by atoms with Gasteiger partial charge in [0.2, 0.25) is 0 Å². The van der Waals surface area contributed by atoms with Crippen molar-refractivity contribution in [1.29, 1.82) is 0 Å². The Hall–Kier alpha value is -1.36. The zero-order valence-corrected chi connectivity index (χ0v) is 15.6. The first kappa shape index (κ1) is 17.1. The van der Waals surface area contributed by atoms with Crippen molar-refractivity contribution < 1.29 is 5.11 Å². The summed E-state index contributed by atoms with van der Waals surface area (Å²) in [6.45, 7) is 11.4. The van der Waals surface area contributed by atoms with Gasteiger partial charge in [0.1, 0.15) is 0 Å². The van der Waals surface area contributed by atoms with Crippen LogP contribution in [0.2, 0.25) is 0 Å². The molecule has 4 nitrogen and oxygen atoms in total. The SMILES string of the molecule is Cc1[nH]c2c(CN3CC(CO)C(CN4CCCC4)C3)cccc2c1C. The highest BCUT2D eigenvalue weighted by atomic mass is 16.3. The van der Waals surface area contributed by atoms with Crippen molar-refractivity contribution in [2.75, 3.05) is 39.3 Å². The molecular formula is C21H31N3O. The lowest BCUT2D eigenvalue weighted by atomic mass is 9.96. The zero-order chi connectivity index (χ0) is 17.4. The molecule has 2 aliphatic heterocycles. The predicted molar refractivity (Wildman–Crippen MR) is 103 cm³/mol. The summed E-state index contributed by atoms with van der Waals surface area (Å²) in [5.41, 5.74) is 5.30. The first-order chi connectivity index (χ1) is 12.2. The number of hydrogen-bond donors (Lipinski definition) is 2. The van der Waals surface area contributed by atoms with Gasteiger partial charge in [0.15, 0.2) is 0 Å². The number of aliphatic hydroxyl groups is 1. The molecule has 25 heavy (non-hydrogen) atoms. The standard InChI is InChI=1S/C21H31N3O/c1-15-16(2)22-21-17(6-5-7-20(15)21)10-24-12-18(19(13-24)14-25)11-23-8-3-4-9-23/h5-7,18-19,22,25H,3-4,8-14H2,1-2H3. The molecule has 4 heteroatoms. The molecule has 136 valence electrons. The Morgan fingerprint density at radius 3 is 2.60 bits per heavy atom. The molecule has 4 rings (SSSR count). The molecule has 2 N–H and O–H groups in total. The number of benzene rings is 1. The van der Waals surface area contributed by atoms with Crippen LogP contribution in [0.15, 0.2) is 18.2 Å². The van der Waals surface area contributed by atoms with E-state index >= 15 is 0 Å². The zero-order valence-electron chi connectivity index (χ0n) is 15.6. The van der Waals surface area contributed by atoms with E-state index < -0.39 is 0 Å². The van der Waals surface area contributed by atoms with Crippen molar-refractivity contribution in [3.05, 3.63) is 35.0 Å². The Morgan fingerprint density at radius 2 is 1.84 bits per heavy atom. The lowest BCUT2D eigenvalue weighted by molar-refractivity contribution is 0.175. The first-order valence-corrected chi connectivity index (χ1v) is 9.78. The van der Waals surface area contributed by atoms with E-state index in [1.54, 1.807) is 0 Å². The molecule has 2 aliphatic rings. The van der Waals surface area contributed by atoms with E-state index in [2.05, 4.69) is 46.8 Å². The fourth-order valence-corrected chi connectivity index (χ4v) is 4.79. The molecule has 0 aliphatic carbocycles. The number of aryl methyl sites for hydroxylation is 2. The molecule has 0 amide bonds. The molecule has 1 aromatic carbocycles. The highest BCUT2D eigenvalue weighted by Gasteiger charge is 2.34. The molecule has 2 saturated heterocycles. The third kappa shape index (κ3) is 3.35. The summed E-state index contributed by atoms with van der Waals surface area (Å²) in [5, 5.41) is 11.2. The third-order valence-electron chi connectivity index (χ3n) is 6.40. The van der Waals surface area contributed by atoms with Gasteiger partial charge in [-0.2, -0.15) is 0 Å². The number of aromatic amines is 1. The average Bonchev–Trinajstić information content (AvgIpc) is 3.31. The van der Waals surface area contributed by atoms with Crippen LogP contribution in [0.3, 0.4) is 0 Å². The quantitative estimate of drug-likeness (QED) is 0.879.